The van der Waals surface area contributed by atoms with E-state index in [9.17, 15) is 4.79 Å². The molecule has 54 valence electrons. The molecule has 1 unspecified atom stereocenters. The minimum Gasteiger partial charge on any atom is -0.453 e. The van der Waals surface area contributed by atoms with E-state index in [0.29, 0.717) is 6.54 Å². The quantitative estimate of drug-likeness (QED) is 0.541. The van der Waals surface area contributed by atoms with Gasteiger partial charge in [0.2, 0.25) is 0 Å². The van der Waals surface area contributed by atoms with Crippen LogP contribution < -0.4 is 11.1 Å². The van der Waals surface area contributed by atoms with Crippen LogP contribution in [0.4, 0.5) is 4.79 Å². The molecule has 0 aromatic heterocycles. The summed E-state index contributed by atoms with van der Waals surface area (Å²) in [5.74, 6) is 0. The van der Waals surface area contributed by atoms with Crippen LogP contribution in [0.3, 0.4) is 0 Å². The molecular weight excluding hydrogens is 120 g/mol. The average molecular weight is 132 g/mol. The number of alkyl carbamates (subject to hydrolysis) is 1. The zero-order valence-corrected chi connectivity index (χ0v) is 5.68. The van der Waals surface area contributed by atoms with Gasteiger partial charge in [-0.25, -0.2) is 4.79 Å². The summed E-state index contributed by atoms with van der Waals surface area (Å²) in [6, 6.07) is -0.0163. The largest absolute Gasteiger partial charge is 0.453 e. The first-order valence-electron chi connectivity index (χ1n) is 2.75. The van der Waals surface area contributed by atoms with Crippen LogP contribution in [0.25, 0.3) is 0 Å². The van der Waals surface area contributed by atoms with Gasteiger partial charge in [0.25, 0.3) is 0 Å². The normalized spacial score (nSPS) is 12.3. The number of hydrogen-bond donors (Lipinski definition) is 2. The molecule has 0 radical (unpaired) electrons. The predicted molar refractivity (Wildman–Crippen MR) is 34.1 cm³/mol. The molecule has 0 saturated heterocycles. The summed E-state index contributed by atoms with van der Waals surface area (Å²) in [6.07, 6.45) is -0.437. The molecule has 9 heavy (non-hydrogen) atoms. The first-order chi connectivity index (χ1) is 4.20. The maximum Gasteiger partial charge on any atom is 0.407 e. The molecule has 4 heteroatoms. The molecule has 0 aromatic carbocycles. The highest BCUT2D eigenvalue weighted by molar-refractivity contribution is 5.67. The lowest BCUT2D eigenvalue weighted by Gasteiger charge is -2.08. The zero-order chi connectivity index (χ0) is 7.28. The number of hydrogen-bond acceptors (Lipinski definition) is 3. The third-order valence-electron chi connectivity index (χ3n) is 0.903. The molecule has 0 aliphatic heterocycles. The van der Waals surface area contributed by atoms with Gasteiger partial charge in [-0.1, -0.05) is 0 Å². The van der Waals surface area contributed by atoms with Crippen molar-refractivity contribution in [1.29, 1.82) is 0 Å². The lowest BCUT2D eigenvalue weighted by Crippen LogP contribution is -2.37. The highest BCUT2D eigenvalue weighted by Crippen LogP contribution is 1.77. The third kappa shape index (κ3) is 3.78. The van der Waals surface area contributed by atoms with Gasteiger partial charge < -0.3 is 15.8 Å². The standard InChI is InChI=1S/C5H12N2O2/c1-4(3-6)7-5(8)9-2/h4H,3,6H2,1-2H3,(H,7,8). The van der Waals surface area contributed by atoms with Gasteiger partial charge in [0, 0.05) is 12.6 Å². The van der Waals surface area contributed by atoms with Gasteiger partial charge in [0.15, 0.2) is 0 Å². The summed E-state index contributed by atoms with van der Waals surface area (Å²) < 4.78 is 4.32. The van der Waals surface area contributed by atoms with Crippen molar-refractivity contribution in [2.45, 2.75) is 13.0 Å². The van der Waals surface area contributed by atoms with Gasteiger partial charge in [0.05, 0.1) is 7.11 Å². The van der Waals surface area contributed by atoms with E-state index < -0.39 is 6.09 Å². The van der Waals surface area contributed by atoms with E-state index in [0.717, 1.165) is 0 Å². The zero-order valence-electron chi connectivity index (χ0n) is 5.68. The smallest absolute Gasteiger partial charge is 0.407 e. The average Bonchev–Trinajstić information content (AvgIpc) is 1.87. The Morgan fingerprint density at radius 3 is 2.78 bits per heavy atom. The van der Waals surface area contributed by atoms with Gasteiger partial charge >= 0.3 is 6.09 Å². The maximum absolute atomic E-state index is 10.4. The van der Waals surface area contributed by atoms with Crippen molar-refractivity contribution >= 4 is 6.09 Å². The summed E-state index contributed by atoms with van der Waals surface area (Å²) in [5, 5.41) is 2.49. The van der Waals surface area contributed by atoms with Crippen molar-refractivity contribution in [2.75, 3.05) is 13.7 Å². The Kier molecular flexibility index (Phi) is 3.79. The lowest BCUT2D eigenvalue weighted by atomic mass is 10.3. The van der Waals surface area contributed by atoms with E-state index in [4.69, 9.17) is 5.73 Å². The molecule has 0 saturated carbocycles. The topological polar surface area (TPSA) is 64.3 Å². The Labute approximate surface area is 54.4 Å². The third-order valence-corrected chi connectivity index (χ3v) is 0.903. The summed E-state index contributed by atoms with van der Waals surface area (Å²) >= 11 is 0. The molecule has 1 amide bonds. The van der Waals surface area contributed by atoms with Crippen LogP contribution in [-0.2, 0) is 4.74 Å². The number of nitrogens with two attached hydrogens (primary N) is 1. The molecule has 0 spiro atoms. The van der Waals surface area contributed by atoms with Crippen molar-refractivity contribution in [3.63, 3.8) is 0 Å². The van der Waals surface area contributed by atoms with Crippen LogP contribution in [0.15, 0.2) is 0 Å². The van der Waals surface area contributed by atoms with Gasteiger partial charge in [-0.2, -0.15) is 0 Å². The summed E-state index contributed by atoms with van der Waals surface area (Å²) in [4.78, 5) is 10.4. The minimum absolute atomic E-state index is 0.0163. The van der Waals surface area contributed by atoms with Gasteiger partial charge in [-0.15, -0.1) is 0 Å². The van der Waals surface area contributed by atoms with Crippen LogP contribution in [-0.4, -0.2) is 25.8 Å². The van der Waals surface area contributed by atoms with Crippen LogP contribution in [0.5, 0.6) is 0 Å². The molecule has 0 aromatic rings. The van der Waals surface area contributed by atoms with Crippen molar-refractivity contribution < 1.29 is 9.53 Å². The van der Waals surface area contributed by atoms with Crippen LogP contribution in [0, 0.1) is 0 Å². The molecule has 4 nitrogen and oxygen atoms in total. The fraction of sp³-hybridized carbons (Fsp3) is 0.800. The Balaban J connectivity index is 3.34. The summed E-state index contributed by atoms with van der Waals surface area (Å²) in [7, 11) is 1.32. The van der Waals surface area contributed by atoms with E-state index in [-0.39, 0.29) is 6.04 Å². The summed E-state index contributed by atoms with van der Waals surface area (Å²) in [5.41, 5.74) is 5.20. The van der Waals surface area contributed by atoms with E-state index in [1.807, 2.05) is 0 Å². The Bertz CT molecular complexity index is 95.0. The second-order valence-corrected chi connectivity index (χ2v) is 1.77. The second kappa shape index (κ2) is 4.14. The Hall–Kier alpha value is -0.770. The lowest BCUT2D eigenvalue weighted by molar-refractivity contribution is 0.167. The molecule has 0 rings (SSSR count). The molecule has 0 bridgehead atoms. The fourth-order valence-electron chi connectivity index (χ4n) is 0.319. The van der Waals surface area contributed by atoms with Gasteiger partial charge in [0.1, 0.15) is 0 Å². The first kappa shape index (κ1) is 8.23. The molecule has 0 aliphatic carbocycles. The highest BCUT2D eigenvalue weighted by atomic mass is 16.5. The fourth-order valence-corrected chi connectivity index (χ4v) is 0.319. The summed E-state index contributed by atoms with van der Waals surface area (Å²) in [6.45, 7) is 2.23. The van der Waals surface area contributed by atoms with Crippen LogP contribution >= 0.6 is 0 Å². The second-order valence-electron chi connectivity index (χ2n) is 1.77. The van der Waals surface area contributed by atoms with Crippen LogP contribution in [0.2, 0.25) is 0 Å². The number of methoxy groups -OCH3 is 1. The van der Waals surface area contributed by atoms with Crippen molar-refractivity contribution in [3.05, 3.63) is 0 Å². The predicted octanol–water partition coefficient (Wildman–Crippen LogP) is -0.310. The minimum atomic E-state index is -0.437. The van der Waals surface area contributed by atoms with Gasteiger partial charge in [-0.3, -0.25) is 0 Å². The van der Waals surface area contributed by atoms with E-state index in [1.54, 1.807) is 6.92 Å². The molecule has 0 fully saturated rings. The SMILES string of the molecule is COC(=O)NC(C)CN. The Morgan fingerprint density at radius 2 is 2.44 bits per heavy atom. The number of carbonyl (C=O) groups excluding carboxylic acids is 1. The van der Waals surface area contributed by atoms with Crippen molar-refractivity contribution in [2.24, 2.45) is 5.73 Å². The number of ether oxygens (including phenoxy) is 1. The monoisotopic (exact) mass is 132 g/mol. The Morgan fingerprint density at radius 1 is 1.89 bits per heavy atom. The van der Waals surface area contributed by atoms with Crippen molar-refractivity contribution in [1.82, 2.24) is 5.32 Å². The van der Waals surface area contributed by atoms with Gasteiger partial charge in [-0.05, 0) is 6.92 Å². The number of amides is 1. The highest BCUT2D eigenvalue weighted by Gasteiger charge is 2.02. The maximum atomic E-state index is 10.4. The van der Waals surface area contributed by atoms with Crippen LogP contribution in [0.1, 0.15) is 6.92 Å². The molecule has 0 aliphatic rings. The number of rotatable bonds is 2. The number of nitrogens with one attached hydrogen (secondary N) is 1. The van der Waals surface area contributed by atoms with Crippen molar-refractivity contribution in [3.8, 4) is 0 Å². The first-order valence-corrected chi connectivity index (χ1v) is 2.75. The molecular formula is C5H12N2O2. The molecule has 1 atom stereocenters. The van der Waals surface area contributed by atoms with E-state index in [1.165, 1.54) is 7.11 Å². The number of carbonyl (C=O) groups is 1. The molecule has 3 N–H and O–H groups in total. The van der Waals surface area contributed by atoms with E-state index >= 15 is 0 Å². The molecule has 0 heterocycles. The van der Waals surface area contributed by atoms with E-state index in [2.05, 4.69) is 10.1 Å².